The van der Waals surface area contributed by atoms with Crippen LogP contribution in [-0.2, 0) is 4.79 Å². The Hall–Kier alpha value is -1.77. The zero-order valence-electron chi connectivity index (χ0n) is 8.24. The molecular weight excluding hydrogens is 178 g/mol. The first-order valence-electron chi connectivity index (χ1n) is 4.33. The number of benzene rings is 1. The normalized spacial score (nSPS) is 11.1. The summed E-state index contributed by atoms with van der Waals surface area (Å²) in [4.78, 5) is 10.7. The number of phenols is 1. The molecule has 0 aliphatic heterocycles. The van der Waals surface area contributed by atoms with Crippen molar-refractivity contribution < 1.29 is 9.90 Å². The van der Waals surface area contributed by atoms with Crippen LogP contribution < -0.4 is 5.32 Å². The Labute approximate surface area is 83.1 Å². The van der Waals surface area contributed by atoms with E-state index in [0.717, 1.165) is 11.4 Å². The number of hydrogen-bond donors (Lipinski definition) is 2. The van der Waals surface area contributed by atoms with Gasteiger partial charge in [0.15, 0.2) is 5.78 Å². The monoisotopic (exact) mass is 191 g/mol. The summed E-state index contributed by atoms with van der Waals surface area (Å²) in [5.41, 5.74) is 1.63. The van der Waals surface area contributed by atoms with Crippen molar-refractivity contribution in [2.75, 3.05) is 5.32 Å². The average Bonchev–Trinajstić information content (AvgIpc) is 2.07. The predicted octanol–water partition coefficient (Wildman–Crippen LogP) is 2.30. The largest absolute Gasteiger partial charge is 0.508 e. The Kier molecular flexibility index (Phi) is 3.29. The zero-order valence-corrected chi connectivity index (χ0v) is 8.24. The SMILES string of the molecule is CC(=O)/C=C(\C)Nc1ccc(O)cc1. The molecule has 14 heavy (non-hydrogen) atoms. The van der Waals surface area contributed by atoms with Crippen LogP contribution in [0.4, 0.5) is 5.69 Å². The molecule has 3 heteroatoms. The number of aromatic hydroxyl groups is 1. The molecule has 0 spiro atoms. The second-order valence-corrected chi connectivity index (χ2v) is 3.11. The third kappa shape index (κ3) is 3.31. The molecule has 0 bridgehead atoms. The highest BCUT2D eigenvalue weighted by Gasteiger charge is 1.94. The molecule has 0 amide bonds. The molecule has 0 aromatic heterocycles. The second-order valence-electron chi connectivity index (χ2n) is 3.11. The molecule has 0 unspecified atom stereocenters. The van der Waals surface area contributed by atoms with Gasteiger partial charge in [0.05, 0.1) is 0 Å². The van der Waals surface area contributed by atoms with Crippen molar-refractivity contribution in [2.24, 2.45) is 0 Å². The summed E-state index contributed by atoms with van der Waals surface area (Å²) in [7, 11) is 0. The van der Waals surface area contributed by atoms with E-state index < -0.39 is 0 Å². The van der Waals surface area contributed by atoms with Gasteiger partial charge in [-0.15, -0.1) is 0 Å². The number of phenolic OH excluding ortho intramolecular Hbond substituents is 1. The standard InChI is InChI=1S/C11H13NO2/c1-8(7-9(2)13)12-10-3-5-11(14)6-4-10/h3-7,12,14H,1-2H3/b8-7+. The number of hydrogen-bond acceptors (Lipinski definition) is 3. The summed E-state index contributed by atoms with van der Waals surface area (Å²) >= 11 is 0. The van der Waals surface area contributed by atoms with Gasteiger partial charge in [0, 0.05) is 11.4 Å². The minimum Gasteiger partial charge on any atom is -0.508 e. The summed E-state index contributed by atoms with van der Waals surface area (Å²) in [6.45, 7) is 3.32. The first kappa shape index (κ1) is 10.3. The van der Waals surface area contributed by atoms with Gasteiger partial charge >= 0.3 is 0 Å². The Bertz CT molecular complexity index is 352. The van der Waals surface area contributed by atoms with E-state index in [0.29, 0.717) is 0 Å². The van der Waals surface area contributed by atoms with Crippen molar-refractivity contribution in [3.05, 3.63) is 36.0 Å². The van der Waals surface area contributed by atoms with E-state index in [2.05, 4.69) is 5.32 Å². The molecule has 1 aromatic rings. The highest BCUT2D eigenvalue weighted by Crippen LogP contribution is 2.15. The van der Waals surface area contributed by atoms with Crippen molar-refractivity contribution in [1.29, 1.82) is 0 Å². The molecule has 1 aromatic carbocycles. The van der Waals surface area contributed by atoms with Gasteiger partial charge in [-0.3, -0.25) is 4.79 Å². The van der Waals surface area contributed by atoms with E-state index in [9.17, 15) is 4.79 Å². The molecule has 0 atom stereocenters. The minimum atomic E-state index is 0.00813. The Morgan fingerprint density at radius 2 is 1.86 bits per heavy atom. The first-order chi connectivity index (χ1) is 6.58. The molecule has 0 saturated carbocycles. The van der Waals surface area contributed by atoms with Gasteiger partial charge in [0.25, 0.3) is 0 Å². The maximum absolute atomic E-state index is 10.7. The number of allylic oxidation sites excluding steroid dienone is 2. The quantitative estimate of drug-likeness (QED) is 0.569. The molecule has 74 valence electrons. The predicted molar refractivity (Wildman–Crippen MR) is 56.2 cm³/mol. The second kappa shape index (κ2) is 4.46. The fourth-order valence-corrected chi connectivity index (χ4v) is 1.11. The Morgan fingerprint density at radius 3 is 2.36 bits per heavy atom. The van der Waals surface area contributed by atoms with E-state index in [-0.39, 0.29) is 11.5 Å². The van der Waals surface area contributed by atoms with E-state index in [1.807, 2.05) is 6.92 Å². The molecule has 3 nitrogen and oxygen atoms in total. The fraction of sp³-hybridized carbons (Fsp3) is 0.182. The lowest BCUT2D eigenvalue weighted by Gasteiger charge is -2.05. The molecule has 2 N–H and O–H groups in total. The lowest BCUT2D eigenvalue weighted by molar-refractivity contribution is -0.112. The van der Waals surface area contributed by atoms with Gasteiger partial charge in [-0.25, -0.2) is 0 Å². The number of ketones is 1. The summed E-state index contributed by atoms with van der Waals surface area (Å²) in [5, 5.41) is 12.1. The van der Waals surface area contributed by atoms with Gasteiger partial charge in [0.1, 0.15) is 5.75 Å². The smallest absolute Gasteiger partial charge is 0.154 e. The third-order valence-corrected chi connectivity index (χ3v) is 1.63. The van der Waals surface area contributed by atoms with Crippen LogP contribution in [-0.4, -0.2) is 10.9 Å². The maximum Gasteiger partial charge on any atom is 0.154 e. The van der Waals surface area contributed by atoms with Crippen LogP contribution in [0.2, 0.25) is 0 Å². The number of nitrogens with one attached hydrogen (secondary N) is 1. The summed E-state index contributed by atoms with van der Waals surface area (Å²) in [6.07, 6.45) is 1.52. The number of carbonyl (C=O) groups is 1. The van der Waals surface area contributed by atoms with E-state index in [1.54, 1.807) is 24.3 Å². The first-order valence-corrected chi connectivity index (χ1v) is 4.33. The molecule has 1 rings (SSSR count). The van der Waals surface area contributed by atoms with Gasteiger partial charge in [-0.1, -0.05) is 0 Å². The topological polar surface area (TPSA) is 49.3 Å². The van der Waals surface area contributed by atoms with Crippen LogP contribution in [0.5, 0.6) is 5.75 Å². The van der Waals surface area contributed by atoms with Gasteiger partial charge in [-0.05, 0) is 44.2 Å². The Balaban J connectivity index is 2.69. The molecule has 0 aliphatic carbocycles. The number of rotatable bonds is 3. The average molecular weight is 191 g/mol. The zero-order chi connectivity index (χ0) is 10.6. The lowest BCUT2D eigenvalue weighted by atomic mass is 10.3. The van der Waals surface area contributed by atoms with Crippen LogP contribution >= 0.6 is 0 Å². The van der Waals surface area contributed by atoms with E-state index in [1.165, 1.54) is 13.0 Å². The van der Waals surface area contributed by atoms with E-state index >= 15 is 0 Å². The molecule has 0 heterocycles. The van der Waals surface area contributed by atoms with Gasteiger partial charge < -0.3 is 10.4 Å². The fourth-order valence-electron chi connectivity index (χ4n) is 1.11. The van der Waals surface area contributed by atoms with Crippen molar-refractivity contribution in [3.8, 4) is 5.75 Å². The molecule has 0 fully saturated rings. The molecule has 0 radical (unpaired) electrons. The third-order valence-electron chi connectivity index (χ3n) is 1.63. The summed E-state index contributed by atoms with van der Waals surface area (Å²) in [5.74, 6) is 0.234. The van der Waals surface area contributed by atoms with Crippen LogP contribution in [0.15, 0.2) is 36.0 Å². The summed E-state index contributed by atoms with van der Waals surface area (Å²) < 4.78 is 0. The number of anilines is 1. The van der Waals surface area contributed by atoms with E-state index in [4.69, 9.17) is 5.11 Å². The lowest BCUT2D eigenvalue weighted by Crippen LogP contribution is -1.97. The van der Waals surface area contributed by atoms with Crippen molar-refractivity contribution in [2.45, 2.75) is 13.8 Å². The Morgan fingerprint density at radius 1 is 1.29 bits per heavy atom. The van der Waals surface area contributed by atoms with Crippen LogP contribution in [0.25, 0.3) is 0 Å². The van der Waals surface area contributed by atoms with Crippen molar-refractivity contribution in [1.82, 2.24) is 0 Å². The van der Waals surface area contributed by atoms with Crippen molar-refractivity contribution >= 4 is 11.5 Å². The highest BCUT2D eigenvalue weighted by atomic mass is 16.3. The van der Waals surface area contributed by atoms with Crippen LogP contribution in [0.3, 0.4) is 0 Å². The minimum absolute atomic E-state index is 0.00813. The maximum atomic E-state index is 10.7. The van der Waals surface area contributed by atoms with Crippen LogP contribution in [0.1, 0.15) is 13.8 Å². The molecular formula is C11H13NO2. The molecule has 0 saturated heterocycles. The van der Waals surface area contributed by atoms with Crippen LogP contribution in [0, 0.1) is 0 Å². The number of carbonyl (C=O) groups excluding carboxylic acids is 1. The summed E-state index contributed by atoms with van der Waals surface area (Å²) in [6, 6.07) is 6.66. The molecule has 0 aliphatic rings. The van der Waals surface area contributed by atoms with Gasteiger partial charge in [-0.2, -0.15) is 0 Å². The van der Waals surface area contributed by atoms with Crippen molar-refractivity contribution in [3.63, 3.8) is 0 Å². The van der Waals surface area contributed by atoms with Gasteiger partial charge in [0.2, 0.25) is 0 Å². The highest BCUT2D eigenvalue weighted by molar-refractivity contribution is 5.88.